The second kappa shape index (κ2) is 9.31. The number of carbonyl (C=O) groups is 2. The molecule has 3 aromatic rings. The molecule has 1 amide bonds. The van der Waals surface area contributed by atoms with Crippen LogP contribution in [0.3, 0.4) is 0 Å². The van der Waals surface area contributed by atoms with Crippen LogP contribution in [0.2, 0.25) is 0 Å². The van der Waals surface area contributed by atoms with E-state index in [0.717, 1.165) is 16.7 Å². The van der Waals surface area contributed by atoms with E-state index in [2.05, 4.69) is 10.3 Å². The van der Waals surface area contributed by atoms with Gasteiger partial charge in [0.2, 0.25) is 0 Å². The molecular weight excluding hydrogens is 364 g/mol. The molecule has 1 N–H and O–H groups in total. The fourth-order valence-corrected chi connectivity index (χ4v) is 4.27. The topological polar surface area (TPSA) is 59.1 Å². The average molecular weight is 383 g/mol. The number of carbonyl (C=O) groups excluding carboxylic acids is 2. The van der Waals surface area contributed by atoms with E-state index in [4.69, 9.17) is 0 Å². The Labute approximate surface area is 160 Å². The summed E-state index contributed by atoms with van der Waals surface area (Å²) in [6, 6.07) is 17.3. The predicted octanol–water partition coefficient (Wildman–Crippen LogP) is 4.50. The van der Waals surface area contributed by atoms with E-state index in [1.54, 1.807) is 29.7 Å². The van der Waals surface area contributed by atoms with E-state index in [-0.39, 0.29) is 11.2 Å². The SMILES string of the molecule is O=CCC(Sc1ncccc1C(=O)NCc1cccs1)c1ccccc1. The van der Waals surface area contributed by atoms with Crippen LogP contribution < -0.4 is 5.32 Å². The first-order valence-corrected chi connectivity index (χ1v) is 9.94. The Balaban J connectivity index is 1.77. The van der Waals surface area contributed by atoms with E-state index in [1.165, 1.54) is 11.8 Å². The summed E-state index contributed by atoms with van der Waals surface area (Å²) in [5.74, 6) is -0.160. The van der Waals surface area contributed by atoms with Gasteiger partial charge in [0.15, 0.2) is 0 Å². The first-order chi connectivity index (χ1) is 12.8. The van der Waals surface area contributed by atoms with Crippen molar-refractivity contribution in [2.45, 2.75) is 23.2 Å². The molecule has 6 heteroatoms. The normalized spacial score (nSPS) is 11.7. The van der Waals surface area contributed by atoms with Crippen molar-refractivity contribution in [3.63, 3.8) is 0 Å². The molecule has 2 heterocycles. The molecule has 0 aliphatic rings. The van der Waals surface area contributed by atoms with Crippen LogP contribution in [0.5, 0.6) is 0 Å². The van der Waals surface area contributed by atoms with Gasteiger partial charge >= 0.3 is 0 Å². The summed E-state index contributed by atoms with van der Waals surface area (Å²) in [5.41, 5.74) is 1.57. The highest BCUT2D eigenvalue weighted by Crippen LogP contribution is 2.37. The maximum Gasteiger partial charge on any atom is 0.254 e. The second-order valence-corrected chi connectivity index (χ2v) is 7.76. The van der Waals surface area contributed by atoms with Crippen molar-refractivity contribution in [1.29, 1.82) is 0 Å². The number of nitrogens with one attached hydrogen (secondary N) is 1. The fourth-order valence-electron chi connectivity index (χ4n) is 2.48. The van der Waals surface area contributed by atoms with Crippen molar-refractivity contribution >= 4 is 35.3 Å². The number of rotatable bonds is 8. The molecule has 2 aromatic heterocycles. The summed E-state index contributed by atoms with van der Waals surface area (Å²) >= 11 is 3.05. The van der Waals surface area contributed by atoms with Gasteiger partial charge in [-0.05, 0) is 29.1 Å². The standard InChI is InChI=1S/C20H18N2O2S2/c23-12-10-18(15-6-2-1-3-7-15)26-20-17(9-4-11-21-20)19(24)22-14-16-8-5-13-25-16/h1-9,11-13,18H,10,14H2,(H,22,24). The second-order valence-electron chi connectivity index (χ2n) is 5.54. The lowest BCUT2D eigenvalue weighted by Crippen LogP contribution is -2.23. The van der Waals surface area contributed by atoms with E-state index >= 15 is 0 Å². The minimum atomic E-state index is -0.160. The molecule has 0 saturated carbocycles. The monoisotopic (exact) mass is 382 g/mol. The van der Waals surface area contributed by atoms with Crippen LogP contribution in [-0.4, -0.2) is 17.2 Å². The van der Waals surface area contributed by atoms with Crippen LogP contribution in [0.4, 0.5) is 0 Å². The van der Waals surface area contributed by atoms with Gasteiger partial charge in [0.25, 0.3) is 5.91 Å². The number of amides is 1. The number of nitrogens with zero attached hydrogens (tertiary/aromatic N) is 1. The third kappa shape index (κ3) is 4.80. The van der Waals surface area contributed by atoms with Crippen LogP contribution in [-0.2, 0) is 11.3 Å². The first kappa shape index (κ1) is 18.4. The Kier molecular flexibility index (Phi) is 6.57. The summed E-state index contributed by atoms with van der Waals surface area (Å²) in [6.45, 7) is 0.492. The van der Waals surface area contributed by atoms with Gasteiger partial charge in [0.1, 0.15) is 11.3 Å². The van der Waals surface area contributed by atoms with Crippen molar-refractivity contribution < 1.29 is 9.59 Å². The van der Waals surface area contributed by atoms with E-state index in [0.29, 0.717) is 23.6 Å². The van der Waals surface area contributed by atoms with Gasteiger partial charge in [-0.25, -0.2) is 4.98 Å². The Morgan fingerprint density at radius 1 is 1.15 bits per heavy atom. The van der Waals surface area contributed by atoms with Crippen LogP contribution >= 0.6 is 23.1 Å². The highest BCUT2D eigenvalue weighted by molar-refractivity contribution is 7.99. The molecule has 0 radical (unpaired) electrons. The number of hydrogen-bond acceptors (Lipinski definition) is 5. The molecule has 1 unspecified atom stereocenters. The zero-order chi connectivity index (χ0) is 18.2. The lowest BCUT2D eigenvalue weighted by molar-refractivity contribution is -0.107. The third-order valence-corrected chi connectivity index (χ3v) is 5.93. The molecule has 132 valence electrons. The number of aldehydes is 1. The maximum atomic E-state index is 12.6. The van der Waals surface area contributed by atoms with Gasteiger partial charge in [0.05, 0.1) is 12.1 Å². The van der Waals surface area contributed by atoms with E-state index < -0.39 is 0 Å². The lowest BCUT2D eigenvalue weighted by Gasteiger charge is -2.16. The van der Waals surface area contributed by atoms with Gasteiger partial charge in [-0.3, -0.25) is 4.79 Å². The number of thioether (sulfide) groups is 1. The third-order valence-electron chi connectivity index (χ3n) is 3.75. The summed E-state index contributed by atoms with van der Waals surface area (Å²) in [7, 11) is 0. The minimum Gasteiger partial charge on any atom is -0.347 e. The minimum absolute atomic E-state index is 0.0764. The smallest absolute Gasteiger partial charge is 0.254 e. The van der Waals surface area contributed by atoms with E-state index in [9.17, 15) is 9.59 Å². The molecule has 0 aliphatic carbocycles. The van der Waals surface area contributed by atoms with E-state index in [1.807, 2.05) is 47.8 Å². The van der Waals surface area contributed by atoms with Crippen LogP contribution in [0.25, 0.3) is 0 Å². The van der Waals surface area contributed by atoms with Gasteiger partial charge in [-0.2, -0.15) is 0 Å². The molecule has 0 aliphatic heterocycles. The molecule has 0 spiro atoms. The van der Waals surface area contributed by atoms with Crippen molar-refractivity contribution in [2.75, 3.05) is 0 Å². The van der Waals surface area contributed by atoms with Crippen molar-refractivity contribution in [3.8, 4) is 0 Å². The molecule has 0 saturated heterocycles. The summed E-state index contributed by atoms with van der Waals surface area (Å²) in [4.78, 5) is 29.2. The van der Waals surface area contributed by atoms with Crippen molar-refractivity contribution in [1.82, 2.24) is 10.3 Å². The number of hydrogen-bond donors (Lipinski definition) is 1. The molecule has 0 bridgehead atoms. The van der Waals surface area contributed by atoms with Gasteiger partial charge in [-0.15, -0.1) is 11.3 Å². The average Bonchev–Trinajstić information content (AvgIpc) is 3.20. The molecule has 1 aromatic carbocycles. The van der Waals surface area contributed by atoms with Crippen molar-refractivity contribution in [2.24, 2.45) is 0 Å². The molecule has 1 atom stereocenters. The van der Waals surface area contributed by atoms with Crippen LogP contribution in [0.15, 0.2) is 71.2 Å². The Hall–Kier alpha value is -2.44. The summed E-state index contributed by atoms with van der Waals surface area (Å²) in [6.07, 6.45) is 2.94. The molecule has 0 fully saturated rings. The van der Waals surface area contributed by atoms with Gasteiger partial charge in [-0.1, -0.05) is 48.2 Å². The Bertz CT molecular complexity index is 851. The Morgan fingerprint density at radius 3 is 2.73 bits per heavy atom. The number of benzene rings is 1. The fraction of sp³-hybridized carbons (Fsp3) is 0.150. The summed E-state index contributed by atoms with van der Waals surface area (Å²) < 4.78 is 0. The molecule has 3 rings (SSSR count). The largest absolute Gasteiger partial charge is 0.347 e. The maximum absolute atomic E-state index is 12.6. The molecular formula is C20H18N2O2S2. The molecule has 4 nitrogen and oxygen atoms in total. The van der Waals surface area contributed by atoms with Crippen molar-refractivity contribution in [3.05, 3.63) is 82.2 Å². The van der Waals surface area contributed by atoms with Gasteiger partial charge < -0.3 is 10.1 Å². The zero-order valence-electron chi connectivity index (χ0n) is 14.0. The first-order valence-electron chi connectivity index (χ1n) is 8.18. The Morgan fingerprint density at radius 2 is 2.00 bits per heavy atom. The summed E-state index contributed by atoms with van der Waals surface area (Å²) in [5, 5.41) is 5.47. The quantitative estimate of drug-likeness (QED) is 0.460. The highest BCUT2D eigenvalue weighted by atomic mass is 32.2. The number of pyridine rings is 1. The predicted molar refractivity (Wildman–Crippen MR) is 105 cm³/mol. The number of thiophene rings is 1. The van der Waals surface area contributed by atoms with Gasteiger partial charge in [0, 0.05) is 22.7 Å². The molecule has 26 heavy (non-hydrogen) atoms. The van der Waals surface area contributed by atoms with Crippen LogP contribution in [0.1, 0.15) is 32.5 Å². The van der Waals surface area contributed by atoms with Crippen LogP contribution in [0, 0.1) is 0 Å². The lowest BCUT2D eigenvalue weighted by atomic mass is 10.1. The zero-order valence-corrected chi connectivity index (χ0v) is 15.6. The highest BCUT2D eigenvalue weighted by Gasteiger charge is 2.19. The number of aromatic nitrogens is 1.